The summed E-state index contributed by atoms with van der Waals surface area (Å²) in [5.74, 6) is 0. The minimum atomic E-state index is -3.61. The van der Waals surface area contributed by atoms with Crippen LogP contribution in [-0.4, -0.2) is 45.7 Å². The summed E-state index contributed by atoms with van der Waals surface area (Å²) < 4.78 is 38.9. The van der Waals surface area contributed by atoms with Crippen molar-refractivity contribution in [3.8, 4) is 0 Å². The van der Waals surface area contributed by atoms with Gasteiger partial charge in [-0.15, -0.1) is 0 Å². The molecule has 1 aliphatic rings. The zero-order valence-electron chi connectivity index (χ0n) is 13.5. The van der Waals surface area contributed by atoms with Crippen LogP contribution in [0.2, 0.25) is 0 Å². The summed E-state index contributed by atoms with van der Waals surface area (Å²) >= 11 is 0. The summed E-state index contributed by atoms with van der Waals surface area (Å²) in [6.07, 6.45) is -0.343. The zero-order valence-corrected chi connectivity index (χ0v) is 14.4. The maximum absolute atomic E-state index is 13.2. The first-order valence-electron chi connectivity index (χ1n) is 7.87. The van der Waals surface area contributed by atoms with Crippen molar-refractivity contribution in [3.63, 3.8) is 0 Å². The van der Waals surface area contributed by atoms with E-state index in [4.69, 9.17) is 9.47 Å². The first kappa shape index (κ1) is 17.1. The van der Waals surface area contributed by atoms with Crippen molar-refractivity contribution in [1.82, 2.24) is 4.31 Å². The molecule has 0 amide bonds. The fraction of sp³-hybridized carbons (Fsp3) is 0.333. The number of sulfonamides is 1. The van der Waals surface area contributed by atoms with E-state index in [0.29, 0.717) is 24.7 Å². The lowest BCUT2D eigenvalue weighted by atomic mass is 10.0. The summed E-state index contributed by atoms with van der Waals surface area (Å²) in [5, 5.41) is 0. The first-order chi connectivity index (χ1) is 11.6. The van der Waals surface area contributed by atoms with E-state index in [9.17, 15) is 8.42 Å². The van der Waals surface area contributed by atoms with Crippen LogP contribution in [0.15, 0.2) is 65.6 Å². The summed E-state index contributed by atoms with van der Waals surface area (Å²) in [7, 11) is -2.02. The number of hydrogen-bond acceptors (Lipinski definition) is 4. The van der Waals surface area contributed by atoms with Crippen LogP contribution in [0.4, 0.5) is 0 Å². The van der Waals surface area contributed by atoms with Crippen LogP contribution < -0.4 is 0 Å². The van der Waals surface area contributed by atoms with Crippen LogP contribution in [0.25, 0.3) is 0 Å². The van der Waals surface area contributed by atoms with Gasteiger partial charge in [-0.25, -0.2) is 8.42 Å². The van der Waals surface area contributed by atoms with Gasteiger partial charge in [0, 0.05) is 13.7 Å². The summed E-state index contributed by atoms with van der Waals surface area (Å²) in [6, 6.07) is 17.7. The lowest BCUT2D eigenvalue weighted by Crippen LogP contribution is -2.49. The summed E-state index contributed by atoms with van der Waals surface area (Å²) in [6.45, 7) is 1.00. The molecule has 1 saturated heterocycles. The van der Waals surface area contributed by atoms with E-state index in [2.05, 4.69) is 0 Å². The second kappa shape index (κ2) is 7.44. The van der Waals surface area contributed by atoms with Crippen molar-refractivity contribution in [2.75, 3.05) is 26.9 Å². The molecule has 0 radical (unpaired) electrons. The average molecular weight is 347 g/mol. The van der Waals surface area contributed by atoms with Gasteiger partial charge in [-0.2, -0.15) is 4.31 Å². The Hall–Kier alpha value is -1.73. The third-order valence-electron chi connectivity index (χ3n) is 4.13. The highest BCUT2D eigenvalue weighted by Gasteiger charge is 2.40. The molecule has 1 fully saturated rings. The standard InChI is InChI=1S/C18H21NO4S/c1-22-14-17-18(15-8-4-2-5-9-15)19(12-13-23-17)24(20,21)16-10-6-3-7-11-16/h2-11,17-18H,12-14H2,1H3/t17-,18-/m0/s1. The number of ether oxygens (including phenoxy) is 2. The molecular formula is C18H21NO4S. The lowest BCUT2D eigenvalue weighted by molar-refractivity contribution is -0.0745. The van der Waals surface area contributed by atoms with Gasteiger partial charge in [0.2, 0.25) is 10.0 Å². The Kier molecular flexibility index (Phi) is 5.30. The monoisotopic (exact) mass is 347 g/mol. The van der Waals surface area contributed by atoms with Gasteiger partial charge in [-0.3, -0.25) is 0 Å². The van der Waals surface area contributed by atoms with Gasteiger partial charge in [-0.1, -0.05) is 48.5 Å². The average Bonchev–Trinajstić information content (AvgIpc) is 2.63. The molecular weight excluding hydrogens is 326 g/mol. The number of morpholine rings is 1. The van der Waals surface area contributed by atoms with E-state index in [1.54, 1.807) is 37.4 Å². The fourth-order valence-corrected chi connectivity index (χ4v) is 4.69. The maximum atomic E-state index is 13.2. The van der Waals surface area contributed by atoms with Gasteiger partial charge in [-0.05, 0) is 17.7 Å². The Balaban J connectivity index is 2.03. The van der Waals surface area contributed by atoms with Gasteiger partial charge in [0.15, 0.2) is 0 Å². The molecule has 128 valence electrons. The third kappa shape index (κ3) is 3.37. The molecule has 0 N–H and O–H groups in total. The van der Waals surface area contributed by atoms with Crippen molar-refractivity contribution in [2.24, 2.45) is 0 Å². The summed E-state index contributed by atoms with van der Waals surface area (Å²) in [5.41, 5.74) is 0.902. The van der Waals surface area contributed by atoms with Crippen molar-refractivity contribution in [3.05, 3.63) is 66.2 Å². The van der Waals surface area contributed by atoms with Crippen molar-refractivity contribution in [2.45, 2.75) is 17.0 Å². The van der Waals surface area contributed by atoms with E-state index in [1.807, 2.05) is 30.3 Å². The largest absolute Gasteiger partial charge is 0.382 e. The first-order valence-corrected chi connectivity index (χ1v) is 9.31. The Morgan fingerprint density at radius 2 is 1.71 bits per heavy atom. The van der Waals surface area contributed by atoms with Crippen LogP contribution >= 0.6 is 0 Å². The zero-order chi connectivity index (χ0) is 17.0. The van der Waals surface area contributed by atoms with E-state index in [1.165, 1.54) is 4.31 Å². The Morgan fingerprint density at radius 3 is 2.33 bits per heavy atom. The van der Waals surface area contributed by atoms with Crippen LogP contribution in [-0.2, 0) is 19.5 Å². The number of rotatable bonds is 5. The van der Waals surface area contributed by atoms with Gasteiger partial charge in [0.05, 0.1) is 24.2 Å². The highest BCUT2D eigenvalue weighted by atomic mass is 32.2. The Bertz CT molecular complexity index is 747. The molecule has 1 heterocycles. The molecule has 1 aliphatic heterocycles. The maximum Gasteiger partial charge on any atom is 0.243 e. The quantitative estimate of drug-likeness (QED) is 0.834. The molecule has 2 aromatic carbocycles. The number of benzene rings is 2. The van der Waals surface area contributed by atoms with Gasteiger partial charge in [0.25, 0.3) is 0 Å². The van der Waals surface area contributed by atoms with Crippen molar-refractivity contribution < 1.29 is 17.9 Å². The molecule has 3 rings (SSSR count). The molecule has 0 spiro atoms. The second-order valence-corrected chi connectivity index (χ2v) is 7.54. The summed E-state index contributed by atoms with van der Waals surface area (Å²) in [4.78, 5) is 0.295. The van der Waals surface area contributed by atoms with Crippen molar-refractivity contribution >= 4 is 10.0 Å². The molecule has 0 aromatic heterocycles. The smallest absolute Gasteiger partial charge is 0.243 e. The predicted molar refractivity (Wildman–Crippen MR) is 91.1 cm³/mol. The van der Waals surface area contributed by atoms with Crippen LogP contribution in [0.3, 0.4) is 0 Å². The van der Waals surface area contributed by atoms with Gasteiger partial charge >= 0.3 is 0 Å². The molecule has 2 aromatic rings. The molecule has 0 unspecified atom stereocenters. The molecule has 0 aliphatic carbocycles. The minimum absolute atomic E-state index is 0.295. The van der Waals surface area contributed by atoms with Gasteiger partial charge < -0.3 is 9.47 Å². The number of methoxy groups -OCH3 is 1. The molecule has 0 saturated carbocycles. The second-order valence-electron chi connectivity index (χ2n) is 5.65. The van der Waals surface area contributed by atoms with Gasteiger partial charge in [0.1, 0.15) is 6.10 Å². The van der Waals surface area contributed by atoms with E-state index >= 15 is 0 Å². The van der Waals surface area contributed by atoms with E-state index in [-0.39, 0.29) is 6.10 Å². The lowest BCUT2D eigenvalue weighted by Gasteiger charge is -2.40. The molecule has 24 heavy (non-hydrogen) atoms. The van der Waals surface area contributed by atoms with E-state index < -0.39 is 16.1 Å². The molecule has 6 heteroatoms. The Labute approximate surface area is 142 Å². The molecule has 0 bridgehead atoms. The predicted octanol–water partition coefficient (Wildman–Crippen LogP) is 2.46. The van der Waals surface area contributed by atoms with Crippen LogP contribution in [0.5, 0.6) is 0 Å². The minimum Gasteiger partial charge on any atom is -0.382 e. The van der Waals surface area contributed by atoms with Crippen LogP contribution in [0.1, 0.15) is 11.6 Å². The third-order valence-corrected chi connectivity index (χ3v) is 6.02. The number of nitrogens with zero attached hydrogens (tertiary/aromatic N) is 1. The normalized spacial score (nSPS) is 22.4. The SMILES string of the molecule is COC[C@@H]1OCCN(S(=O)(=O)c2ccccc2)[C@H]1c1ccccc1. The Morgan fingerprint density at radius 1 is 1.08 bits per heavy atom. The van der Waals surface area contributed by atoms with Crippen molar-refractivity contribution in [1.29, 1.82) is 0 Å². The molecule has 2 atom stereocenters. The number of hydrogen-bond donors (Lipinski definition) is 0. The van der Waals surface area contributed by atoms with E-state index in [0.717, 1.165) is 5.56 Å². The highest BCUT2D eigenvalue weighted by Crippen LogP contribution is 2.34. The van der Waals surface area contributed by atoms with Crippen LogP contribution in [0, 0.1) is 0 Å². The topological polar surface area (TPSA) is 55.8 Å². The highest BCUT2D eigenvalue weighted by molar-refractivity contribution is 7.89. The molecule has 5 nitrogen and oxygen atoms in total. The fourth-order valence-electron chi connectivity index (χ4n) is 3.04.